The molecule has 2 heterocycles. The van der Waals surface area contributed by atoms with Crippen LogP contribution in [-0.2, 0) is 6.54 Å². The first-order valence-corrected chi connectivity index (χ1v) is 8.64. The second-order valence-electron chi connectivity index (χ2n) is 5.66. The Morgan fingerprint density at radius 3 is 2.82 bits per heavy atom. The van der Waals surface area contributed by atoms with Crippen molar-refractivity contribution >= 4 is 17.2 Å². The number of thiazole rings is 1. The van der Waals surface area contributed by atoms with Gasteiger partial charge in [0.25, 0.3) is 5.91 Å². The van der Waals surface area contributed by atoms with Gasteiger partial charge in [-0.15, -0.1) is 11.3 Å². The molecular formula is C17H21N3OS. The highest BCUT2D eigenvalue weighted by atomic mass is 32.1. The van der Waals surface area contributed by atoms with Crippen LogP contribution in [0.15, 0.2) is 35.7 Å². The summed E-state index contributed by atoms with van der Waals surface area (Å²) in [5, 5.41) is 2.64. The van der Waals surface area contributed by atoms with E-state index in [4.69, 9.17) is 5.73 Å². The minimum Gasteiger partial charge on any atom is -0.337 e. The van der Waals surface area contributed by atoms with Gasteiger partial charge in [-0.2, -0.15) is 0 Å². The van der Waals surface area contributed by atoms with Gasteiger partial charge in [0.2, 0.25) is 0 Å². The summed E-state index contributed by atoms with van der Waals surface area (Å²) in [6, 6.07) is 10.6. The van der Waals surface area contributed by atoms with E-state index in [9.17, 15) is 4.79 Å². The molecule has 1 atom stereocenters. The molecule has 5 heteroatoms. The smallest absolute Gasteiger partial charge is 0.273 e. The average molecular weight is 315 g/mol. The maximum Gasteiger partial charge on any atom is 0.273 e. The molecule has 22 heavy (non-hydrogen) atoms. The van der Waals surface area contributed by atoms with Gasteiger partial charge in [0.1, 0.15) is 10.7 Å². The molecule has 0 radical (unpaired) electrons. The van der Waals surface area contributed by atoms with Crippen LogP contribution in [0.1, 0.15) is 46.2 Å². The van der Waals surface area contributed by atoms with Crippen molar-refractivity contribution in [3.63, 3.8) is 0 Å². The van der Waals surface area contributed by atoms with E-state index < -0.39 is 0 Å². The summed E-state index contributed by atoms with van der Waals surface area (Å²) in [7, 11) is 0. The number of carbonyl (C=O) groups is 1. The van der Waals surface area contributed by atoms with E-state index in [1.165, 1.54) is 16.9 Å². The monoisotopic (exact) mass is 315 g/mol. The normalized spacial score (nSPS) is 19.0. The first-order valence-electron chi connectivity index (χ1n) is 7.76. The van der Waals surface area contributed by atoms with Crippen LogP contribution in [0.25, 0.3) is 0 Å². The number of rotatable bonds is 3. The highest BCUT2D eigenvalue weighted by Crippen LogP contribution is 2.28. The number of benzene rings is 1. The predicted molar refractivity (Wildman–Crippen MR) is 88.9 cm³/mol. The molecule has 1 fully saturated rings. The molecule has 0 aliphatic carbocycles. The minimum atomic E-state index is 0.0460. The van der Waals surface area contributed by atoms with Crippen LogP contribution < -0.4 is 5.73 Å². The fourth-order valence-corrected chi connectivity index (χ4v) is 3.67. The SMILES string of the molecule is NCc1nc(C(=O)N2CCCC(c3ccccc3)CC2)cs1. The largest absolute Gasteiger partial charge is 0.337 e. The zero-order valence-electron chi connectivity index (χ0n) is 12.6. The summed E-state index contributed by atoms with van der Waals surface area (Å²) in [5.74, 6) is 0.596. The van der Waals surface area contributed by atoms with E-state index in [1.807, 2.05) is 16.3 Å². The molecule has 1 amide bonds. The Morgan fingerprint density at radius 1 is 1.27 bits per heavy atom. The van der Waals surface area contributed by atoms with Crippen molar-refractivity contribution in [1.29, 1.82) is 0 Å². The molecule has 116 valence electrons. The predicted octanol–water partition coefficient (Wildman–Crippen LogP) is 3.01. The lowest BCUT2D eigenvalue weighted by molar-refractivity contribution is 0.0756. The van der Waals surface area contributed by atoms with Crippen LogP contribution in [0.3, 0.4) is 0 Å². The Labute approximate surface area is 135 Å². The van der Waals surface area contributed by atoms with Gasteiger partial charge >= 0.3 is 0 Å². The van der Waals surface area contributed by atoms with Crippen LogP contribution in [0, 0.1) is 0 Å². The molecule has 0 bridgehead atoms. The van der Waals surface area contributed by atoms with Crippen LogP contribution in [0.4, 0.5) is 0 Å². The fourth-order valence-electron chi connectivity index (χ4n) is 3.02. The molecule has 4 nitrogen and oxygen atoms in total. The molecule has 1 saturated heterocycles. The van der Waals surface area contributed by atoms with Gasteiger partial charge in [-0.1, -0.05) is 30.3 Å². The van der Waals surface area contributed by atoms with E-state index in [2.05, 4.69) is 29.2 Å². The van der Waals surface area contributed by atoms with Crippen molar-refractivity contribution < 1.29 is 4.79 Å². The van der Waals surface area contributed by atoms with E-state index in [1.54, 1.807) is 0 Å². The van der Waals surface area contributed by atoms with Gasteiger partial charge in [0.15, 0.2) is 0 Å². The first-order chi connectivity index (χ1) is 10.8. The number of aromatic nitrogens is 1. The van der Waals surface area contributed by atoms with Crippen LogP contribution in [0.2, 0.25) is 0 Å². The summed E-state index contributed by atoms with van der Waals surface area (Å²) in [5.41, 5.74) is 7.50. The summed E-state index contributed by atoms with van der Waals surface area (Å²) in [4.78, 5) is 18.8. The Hall–Kier alpha value is -1.72. The number of hydrogen-bond donors (Lipinski definition) is 1. The van der Waals surface area contributed by atoms with Gasteiger partial charge in [-0.25, -0.2) is 4.98 Å². The van der Waals surface area contributed by atoms with Crippen molar-refractivity contribution in [1.82, 2.24) is 9.88 Å². The molecule has 1 unspecified atom stereocenters. The van der Waals surface area contributed by atoms with Crippen molar-refractivity contribution in [2.24, 2.45) is 5.73 Å². The maximum atomic E-state index is 12.6. The molecular weight excluding hydrogens is 294 g/mol. The number of hydrogen-bond acceptors (Lipinski definition) is 4. The maximum absolute atomic E-state index is 12.6. The Bertz CT molecular complexity index is 626. The molecule has 2 N–H and O–H groups in total. The number of nitrogens with two attached hydrogens (primary N) is 1. The van der Waals surface area contributed by atoms with Gasteiger partial charge in [0, 0.05) is 25.0 Å². The number of nitrogens with zero attached hydrogens (tertiary/aromatic N) is 2. The zero-order valence-corrected chi connectivity index (χ0v) is 13.4. The topological polar surface area (TPSA) is 59.2 Å². The summed E-state index contributed by atoms with van der Waals surface area (Å²) < 4.78 is 0. The zero-order chi connectivity index (χ0) is 15.4. The fraction of sp³-hybridized carbons (Fsp3) is 0.412. The minimum absolute atomic E-state index is 0.0460. The lowest BCUT2D eigenvalue weighted by Gasteiger charge is -2.19. The molecule has 1 aromatic heterocycles. The molecule has 3 rings (SSSR count). The van der Waals surface area contributed by atoms with Gasteiger partial charge in [-0.05, 0) is 30.7 Å². The number of amides is 1. The third kappa shape index (κ3) is 3.36. The lowest BCUT2D eigenvalue weighted by atomic mass is 9.92. The Kier molecular flexibility index (Phi) is 4.85. The van der Waals surface area contributed by atoms with Crippen LogP contribution in [0.5, 0.6) is 0 Å². The van der Waals surface area contributed by atoms with E-state index in [0.29, 0.717) is 18.2 Å². The first kappa shape index (κ1) is 15.2. The van der Waals surface area contributed by atoms with Crippen LogP contribution >= 0.6 is 11.3 Å². The van der Waals surface area contributed by atoms with Crippen molar-refractivity contribution in [2.45, 2.75) is 31.7 Å². The Balaban J connectivity index is 1.66. The molecule has 1 aromatic carbocycles. The van der Waals surface area contributed by atoms with Crippen molar-refractivity contribution in [2.75, 3.05) is 13.1 Å². The van der Waals surface area contributed by atoms with Crippen molar-refractivity contribution in [3.8, 4) is 0 Å². The lowest BCUT2D eigenvalue weighted by Crippen LogP contribution is -2.32. The van der Waals surface area contributed by atoms with E-state index in [-0.39, 0.29) is 5.91 Å². The third-order valence-electron chi connectivity index (χ3n) is 4.23. The van der Waals surface area contributed by atoms with Crippen LogP contribution in [-0.4, -0.2) is 28.9 Å². The average Bonchev–Trinajstić information content (AvgIpc) is 2.92. The highest BCUT2D eigenvalue weighted by molar-refractivity contribution is 7.09. The molecule has 1 aliphatic rings. The van der Waals surface area contributed by atoms with Crippen molar-refractivity contribution in [3.05, 3.63) is 52.0 Å². The number of likely N-dealkylation sites (tertiary alicyclic amines) is 1. The highest BCUT2D eigenvalue weighted by Gasteiger charge is 2.23. The Morgan fingerprint density at radius 2 is 2.09 bits per heavy atom. The van der Waals surface area contributed by atoms with E-state index >= 15 is 0 Å². The standard InChI is InChI=1S/C17H21N3OS/c18-11-16-19-15(12-22-16)17(21)20-9-4-7-14(8-10-20)13-5-2-1-3-6-13/h1-3,5-6,12,14H,4,7-11,18H2. The third-order valence-corrected chi connectivity index (χ3v) is 5.10. The molecule has 0 saturated carbocycles. The summed E-state index contributed by atoms with van der Waals surface area (Å²) in [6.45, 7) is 2.01. The second-order valence-corrected chi connectivity index (χ2v) is 6.60. The van der Waals surface area contributed by atoms with Gasteiger partial charge in [0.05, 0.1) is 0 Å². The van der Waals surface area contributed by atoms with Gasteiger partial charge < -0.3 is 10.6 Å². The molecule has 2 aromatic rings. The summed E-state index contributed by atoms with van der Waals surface area (Å²) >= 11 is 1.46. The van der Waals surface area contributed by atoms with Gasteiger partial charge in [-0.3, -0.25) is 4.79 Å². The molecule has 0 spiro atoms. The van der Waals surface area contributed by atoms with E-state index in [0.717, 1.165) is 37.4 Å². The second kappa shape index (κ2) is 7.03. The summed E-state index contributed by atoms with van der Waals surface area (Å²) in [6.07, 6.45) is 3.20. The molecule has 1 aliphatic heterocycles. The number of carbonyl (C=O) groups excluding carboxylic acids is 1. The quantitative estimate of drug-likeness (QED) is 0.947.